The Bertz CT molecular complexity index is 4400. The van der Waals surface area contributed by atoms with Gasteiger partial charge in [-0.3, -0.25) is 24.5 Å². The minimum atomic E-state index is -0.973. The number of rotatable bonds is 27. The average molecular weight is 1520 g/mol. The largest absolute Gasteiger partial charge is 0.399 e. The summed E-state index contributed by atoms with van der Waals surface area (Å²) in [5.41, 5.74) is 29.5. The molecule has 9 aromatic carbocycles. The summed E-state index contributed by atoms with van der Waals surface area (Å²) < 4.78 is 0. The van der Waals surface area contributed by atoms with Gasteiger partial charge in [-0.15, -0.1) is 0 Å². The first-order chi connectivity index (χ1) is 54.2. The molecule has 4 N–H and O–H groups in total. The lowest BCUT2D eigenvalue weighted by Gasteiger charge is -2.40. The molecule has 0 amide bonds. The monoisotopic (exact) mass is 1520 g/mol. The van der Waals surface area contributed by atoms with Crippen LogP contribution in [-0.2, 0) is 81.6 Å². The molecule has 0 aromatic heterocycles. The highest BCUT2D eigenvalue weighted by molar-refractivity contribution is 5.77. The zero-order valence-corrected chi connectivity index (χ0v) is 67.6. The standard InChI is InChI=1S/C29H34N2O5.2C22H27NO2.C21H28N2O3/c1-22-17-26(30-24(3)35-36-27-13-8-5-9-14-27)18-23(2)28(22)29(32)15-10-16-31(20-29)21-34-33-19-25-11-6-4-7-12-25;2*1-17-12-18(2)22(19(3)13-17)21-10-7-11-23(14-21)16-25-24-15-20-8-5-4-6-9-20;1-16-11-19(22)12-17(2)20(16)21(24)9-6-10-23(14-21)15-26-25-13-18-7-4-3-5-8-18/h4-9,11-14,17-18,32H,10,15-16,19-21H2,1-3H3;4-6,8-9,12-14H,7,10-11,15-16H2,1-3H3;4-6,8-10,12-13H,7,11,14-16H2,1-3H3;3-5,7-8,11-12,24H,6,9-10,13-15,22H2,1-2H3. The number of aryl methyl sites for hydroxylation is 10. The number of nitrogens with zero attached hydrogens (tertiary/aromatic N) is 5. The first-order valence-corrected chi connectivity index (χ1v) is 39.2. The number of allylic oxidation sites excluding steroid dienone is 1. The Balaban J connectivity index is 0.000000161. The summed E-state index contributed by atoms with van der Waals surface area (Å²) in [6.45, 7) is 31.9. The molecule has 4 heterocycles. The summed E-state index contributed by atoms with van der Waals surface area (Å²) in [5.74, 6) is 0.994. The molecule has 4 aliphatic rings. The Kier molecular flexibility index (Phi) is 32.9. The van der Waals surface area contributed by atoms with Crippen LogP contribution < -0.4 is 10.6 Å². The number of hydrogen-bond donors (Lipinski definition) is 3. The fourth-order valence-corrected chi connectivity index (χ4v) is 15.9. The number of aliphatic imine (C=N–C) groups is 1. The van der Waals surface area contributed by atoms with Crippen LogP contribution in [0.5, 0.6) is 5.75 Å². The highest BCUT2D eigenvalue weighted by Crippen LogP contribution is 2.40. The van der Waals surface area contributed by atoms with Crippen LogP contribution in [0.1, 0.15) is 152 Å². The number of para-hydroxylation sites is 1. The van der Waals surface area contributed by atoms with E-state index in [0.29, 0.717) is 84.5 Å². The fourth-order valence-electron chi connectivity index (χ4n) is 15.9. The normalized spacial score (nSPS) is 17.5. The maximum atomic E-state index is 11.7. The van der Waals surface area contributed by atoms with Gasteiger partial charge >= 0.3 is 0 Å². The molecule has 0 bridgehead atoms. The first kappa shape index (κ1) is 85.2. The van der Waals surface area contributed by atoms with Crippen molar-refractivity contribution in [3.8, 4) is 5.75 Å². The number of likely N-dealkylation sites (tertiary alicyclic amines) is 2. The molecule has 18 heteroatoms. The lowest BCUT2D eigenvalue weighted by molar-refractivity contribution is -0.327. The van der Waals surface area contributed by atoms with Crippen LogP contribution in [0.3, 0.4) is 0 Å². The van der Waals surface area contributed by atoms with E-state index in [4.69, 9.17) is 54.6 Å². The van der Waals surface area contributed by atoms with Crippen molar-refractivity contribution in [2.24, 2.45) is 4.99 Å². The predicted molar refractivity (Wildman–Crippen MR) is 445 cm³/mol. The molecular formula is C94H116N6O12. The van der Waals surface area contributed by atoms with Crippen LogP contribution >= 0.6 is 0 Å². The van der Waals surface area contributed by atoms with E-state index in [-0.39, 0.29) is 0 Å². The van der Waals surface area contributed by atoms with Crippen molar-refractivity contribution in [2.45, 2.75) is 159 Å². The highest BCUT2D eigenvalue weighted by Gasteiger charge is 2.39. The minimum absolute atomic E-state index is 0.299. The van der Waals surface area contributed by atoms with Gasteiger partial charge in [0.1, 0.15) is 57.8 Å². The molecule has 4 aliphatic heterocycles. The molecule has 2 atom stereocenters. The maximum Gasteiger partial charge on any atom is 0.243 e. The summed E-state index contributed by atoms with van der Waals surface area (Å²) in [6, 6.07) is 66.1. The highest BCUT2D eigenvalue weighted by atomic mass is 17.2. The molecule has 2 saturated heterocycles. The third-order valence-corrected chi connectivity index (χ3v) is 20.4. The Labute approximate surface area is 664 Å². The van der Waals surface area contributed by atoms with E-state index in [1.165, 1.54) is 55.7 Å². The van der Waals surface area contributed by atoms with E-state index in [1.54, 1.807) is 6.92 Å². The molecule has 2 unspecified atom stereocenters. The van der Waals surface area contributed by atoms with Gasteiger partial charge in [-0.05, 0) is 251 Å². The quantitative estimate of drug-likeness (QED) is 0.0110. The topological polar surface area (TPSA) is 184 Å². The Hall–Kier alpha value is -9.19. The van der Waals surface area contributed by atoms with Crippen LogP contribution in [-0.4, -0.2) is 108 Å². The smallest absolute Gasteiger partial charge is 0.243 e. The van der Waals surface area contributed by atoms with Gasteiger partial charge in [-0.1, -0.05) is 181 Å². The number of piperidine rings is 2. The summed E-state index contributed by atoms with van der Waals surface area (Å²) in [6.07, 6.45) is 11.1. The van der Waals surface area contributed by atoms with Crippen LogP contribution in [0.4, 0.5) is 11.4 Å². The summed E-state index contributed by atoms with van der Waals surface area (Å²) >= 11 is 0. The van der Waals surface area contributed by atoms with Gasteiger partial charge < -0.3 is 20.8 Å². The summed E-state index contributed by atoms with van der Waals surface area (Å²) in [7, 11) is 0. The van der Waals surface area contributed by atoms with Gasteiger partial charge in [0, 0.05) is 64.6 Å². The Morgan fingerprint density at radius 1 is 0.420 bits per heavy atom. The summed E-state index contributed by atoms with van der Waals surface area (Å²) in [5, 5.41) is 23.0. The van der Waals surface area contributed by atoms with Crippen molar-refractivity contribution in [3.05, 3.63) is 313 Å². The molecule has 9 aromatic rings. The lowest BCUT2D eigenvalue weighted by Crippen LogP contribution is -2.47. The van der Waals surface area contributed by atoms with E-state index in [9.17, 15) is 10.2 Å². The van der Waals surface area contributed by atoms with E-state index in [2.05, 4.69) is 103 Å². The molecule has 0 spiro atoms. The number of β-amino-alcohol motifs (C(OH)–C–C–N with tert-alkyl or cyclic N) is 2. The molecule has 0 saturated carbocycles. The Morgan fingerprint density at radius 3 is 1.23 bits per heavy atom. The molecule has 112 heavy (non-hydrogen) atoms. The molecule has 18 nitrogen and oxygen atoms in total. The lowest BCUT2D eigenvalue weighted by atomic mass is 9.81. The SMILES string of the molecule is CC(=Nc1cc(C)c(C2(O)CCCN(COOCc3ccccc3)C2)c(C)c1)OOc1ccccc1.Cc1cc(C)c(C2=CCCN(COOCc3ccccc3)C2)c(C)c1.Cc1cc(C)c(C2=CN(COOCc3ccccc3)CCC2)c(C)c1.Cc1cc(N)cc(C)c1C1(O)CCCN(COOCc2ccccc2)C1. The van der Waals surface area contributed by atoms with Crippen LogP contribution in [0.25, 0.3) is 11.1 Å². The maximum absolute atomic E-state index is 11.7. The minimum Gasteiger partial charge on any atom is -0.399 e. The van der Waals surface area contributed by atoms with Gasteiger partial charge in [0.05, 0.1) is 5.69 Å². The Morgan fingerprint density at radius 2 is 0.804 bits per heavy atom. The zero-order valence-electron chi connectivity index (χ0n) is 67.6. The van der Waals surface area contributed by atoms with Crippen molar-refractivity contribution < 1.29 is 59.1 Å². The van der Waals surface area contributed by atoms with Crippen LogP contribution in [0.2, 0.25) is 0 Å². The first-order valence-electron chi connectivity index (χ1n) is 39.2. The molecular weight excluding hydrogens is 1410 g/mol. The fraction of sp³-hybridized carbons (Fsp3) is 0.372. The second-order valence-corrected chi connectivity index (χ2v) is 30.1. The predicted octanol–water partition coefficient (Wildman–Crippen LogP) is 19.0. The van der Waals surface area contributed by atoms with Crippen molar-refractivity contribution in [3.63, 3.8) is 0 Å². The molecule has 594 valence electrons. The number of nitrogen functional groups attached to an aromatic ring is 1. The van der Waals surface area contributed by atoms with Gasteiger partial charge in [-0.25, -0.2) is 44.1 Å². The number of aliphatic hydroxyl groups is 2. The third kappa shape index (κ3) is 26.2. The van der Waals surface area contributed by atoms with Crippen LogP contribution in [0.15, 0.2) is 217 Å². The molecule has 2 fully saturated rings. The average Bonchev–Trinajstić information content (AvgIpc) is 0.776. The zero-order chi connectivity index (χ0) is 79.2. The number of anilines is 1. The second-order valence-electron chi connectivity index (χ2n) is 30.1. The molecule has 13 rings (SSSR count). The van der Waals surface area contributed by atoms with Gasteiger partial charge in [-0.2, -0.15) is 0 Å². The van der Waals surface area contributed by atoms with E-state index in [1.807, 2.05) is 204 Å². The van der Waals surface area contributed by atoms with Crippen LogP contribution in [0, 0.1) is 69.2 Å². The van der Waals surface area contributed by atoms with Crippen molar-refractivity contribution in [1.29, 1.82) is 0 Å². The number of hydrogen-bond acceptors (Lipinski definition) is 18. The third-order valence-electron chi connectivity index (χ3n) is 20.4. The van der Waals surface area contributed by atoms with Gasteiger partial charge in [0.2, 0.25) is 5.90 Å². The number of nitrogens with two attached hydrogens (primary N) is 1. The van der Waals surface area contributed by atoms with E-state index >= 15 is 0 Å². The van der Waals surface area contributed by atoms with E-state index < -0.39 is 11.2 Å². The molecule has 0 radical (unpaired) electrons. The summed E-state index contributed by atoms with van der Waals surface area (Å²) in [4.78, 5) is 67.0. The van der Waals surface area contributed by atoms with E-state index in [0.717, 1.165) is 138 Å². The van der Waals surface area contributed by atoms with Crippen molar-refractivity contribution in [2.75, 3.05) is 78.5 Å². The number of benzene rings is 9. The van der Waals surface area contributed by atoms with Gasteiger partial charge in [0.25, 0.3) is 0 Å². The van der Waals surface area contributed by atoms with Crippen molar-refractivity contribution >= 4 is 28.4 Å². The van der Waals surface area contributed by atoms with Crippen molar-refractivity contribution in [1.82, 2.24) is 19.6 Å². The van der Waals surface area contributed by atoms with Gasteiger partial charge in [0.15, 0.2) is 12.5 Å². The second kappa shape index (κ2) is 43.2. The molecule has 0 aliphatic carbocycles.